The molecule has 2 aromatic rings. The summed E-state index contributed by atoms with van der Waals surface area (Å²) < 4.78 is 1.77. The second kappa shape index (κ2) is 7.41. The van der Waals surface area contributed by atoms with Gasteiger partial charge in [0.2, 0.25) is 5.91 Å². The second-order valence-corrected chi connectivity index (χ2v) is 8.35. The van der Waals surface area contributed by atoms with Gasteiger partial charge in [-0.25, -0.2) is 0 Å². The molecule has 6 heteroatoms. The second-order valence-electron chi connectivity index (χ2n) is 8.35. The largest absolute Gasteiger partial charge is 0.481 e. The van der Waals surface area contributed by atoms with Crippen molar-refractivity contribution in [3.05, 3.63) is 53.9 Å². The van der Waals surface area contributed by atoms with Crippen LogP contribution in [0.1, 0.15) is 42.7 Å². The molecule has 1 saturated heterocycles. The zero-order valence-electron chi connectivity index (χ0n) is 16.3. The number of hydrogen-bond acceptors (Lipinski definition) is 3. The summed E-state index contributed by atoms with van der Waals surface area (Å²) in [5, 5.41) is 14.2. The van der Waals surface area contributed by atoms with Crippen molar-refractivity contribution >= 4 is 11.9 Å². The first kappa shape index (κ1) is 18.7. The van der Waals surface area contributed by atoms with Gasteiger partial charge in [0.25, 0.3) is 0 Å². The van der Waals surface area contributed by atoms with Crippen molar-refractivity contribution in [2.24, 2.45) is 11.3 Å². The van der Waals surface area contributed by atoms with E-state index < -0.39 is 11.4 Å². The zero-order valence-corrected chi connectivity index (χ0v) is 16.3. The van der Waals surface area contributed by atoms with Gasteiger partial charge in [-0.15, -0.1) is 0 Å². The fourth-order valence-corrected chi connectivity index (χ4v) is 4.98. The summed E-state index contributed by atoms with van der Waals surface area (Å²) in [4.78, 5) is 26.8. The lowest BCUT2D eigenvalue weighted by atomic mass is 9.64. The summed E-state index contributed by atoms with van der Waals surface area (Å²) in [5.74, 6) is -0.331. The van der Waals surface area contributed by atoms with Crippen molar-refractivity contribution in [1.82, 2.24) is 14.7 Å². The number of hydrogen-bond donors (Lipinski definition) is 1. The van der Waals surface area contributed by atoms with E-state index in [1.165, 1.54) is 5.56 Å². The number of amides is 1. The molecular weight excluding hydrogens is 354 g/mol. The lowest BCUT2D eigenvalue weighted by Crippen LogP contribution is -2.43. The van der Waals surface area contributed by atoms with E-state index in [0.717, 1.165) is 18.4 Å². The number of carbonyl (C=O) groups is 2. The lowest BCUT2D eigenvalue weighted by Gasteiger charge is -2.38. The number of carboxylic acid groups (broad SMARTS) is 1. The van der Waals surface area contributed by atoms with E-state index in [4.69, 9.17) is 0 Å². The molecule has 2 aliphatic rings. The molecular formula is C22H27N3O3. The van der Waals surface area contributed by atoms with E-state index in [1.54, 1.807) is 15.8 Å². The van der Waals surface area contributed by atoms with Gasteiger partial charge in [0.15, 0.2) is 0 Å². The molecule has 6 nitrogen and oxygen atoms in total. The third-order valence-electron chi connectivity index (χ3n) is 6.57. The van der Waals surface area contributed by atoms with E-state index in [-0.39, 0.29) is 11.8 Å². The quantitative estimate of drug-likeness (QED) is 0.864. The van der Waals surface area contributed by atoms with Crippen molar-refractivity contribution in [1.29, 1.82) is 0 Å². The first-order valence-corrected chi connectivity index (χ1v) is 10.0. The number of rotatable bonds is 5. The molecule has 0 radical (unpaired) electrons. The minimum atomic E-state index is -0.788. The van der Waals surface area contributed by atoms with Crippen molar-refractivity contribution in [3.63, 3.8) is 0 Å². The molecule has 28 heavy (non-hydrogen) atoms. The highest BCUT2D eigenvalue weighted by Gasteiger charge is 2.55. The smallest absolute Gasteiger partial charge is 0.311 e. The third-order valence-corrected chi connectivity index (χ3v) is 6.57. The molecule has 1 aromatic heterocycles. The van der Waals surface area contributed by atoms with Gasteiger partial charge in [-0.1, -0.05) is 30.3 Å². The van der Waals surface area contributed by atoms with E-state index in [9.17, 15) is 14.7 Å². The minimum Gasteiger partial charge on any atom is -0.481 e. The molecule has 0 spiro atoms. The monoisotopic (exact) mass is 381 g/mol. The normalized spacial score (nSPS) is 26.8. The lowest BCUT2D eigenvalue weighted by molar-refractivity contribution is -0.153. The average Bonchev–Trinajstić information content (AvgIpc) is 3.30. The Morgan fingerprint density at radius 3 is 2.75 bits per heavy atom. The van der Waals surface area contributed by atoms with E-state index in [1.807, 2.05) is 31.3 Å². The van der Waals surface area contributed by atoms with Crippen molar-refractivity contribution in [3.8, 4) is 0 Å². The number of benzene rings is 1. The number of carboxylic acids is 1. The Kier molecular flexibility index (Phi) is 4.96. The molecule has 1 aliphatic carbocycles. The number of nitrogens with zero attached hydrogens (tertiary/aromatic N) is 3. The summed E-state index contributed by atoms with van der Waals surface area (Å²) in [7, 11) is 0. The maximum absolute atomic E-state index is 12.8. The highest BCUT2D eigenvalue weighted by molar-refractivity contribution is 5.81. The maximum Gasteiger partial charge on any atom is 0.311 e. The minimum absolute atomic E-state index is 0.0138. The van der Waals surface area contributed by atoms with Crippen LogP contribution in [0.2, 0.25) is 0 Å². The number of aryl methyl sites for hydroxylation is 2. The molecule has 2 heterocycles. The van der Waals surface area contributed by atoms with Crippen LogP contribution in [-0.2, 0) is 16.1 Å². The Balaban J connectivity index is 1.45. The number of aromatic nitrogens is 2. The average molecular weight is 381 g/mol. The number of carbonyl (C=O) groups excluding carboxylic acids is 1. The Hall–Kier alpha value is -2.63. The SMILES string of the molecule is Cc1cnn(CCC(=O)N2C[C@@H]3C[C@@H](c4ccccc4)CC[C@]3(C(=O)O)C2)c1. The van der Waals surface area contributed by atoms with Gasteiger partial charge < -0.3 is 10.0 Å². The molecule has 1 saturated carbocycles. The molecule has 0 unspecified atom stereocenters. The van der Waals surface area contributed by atoms with Crippen LogP contribution in [0.5, 0.6) is 0 Å². The first-order chi connectivity index (χ1) is 13.5. The van der Waals surface area contributed by atoms with Crippen LogP contribution >= 0.6 is 0 Å². The molecule has 148 valence electrons. The third kappa shape index (κ3) is 3.43. The summed E-state index contributed by atoms with van der Waals surface area (Å²) in [6.07, 6.45) is 6.37. The van der Waals surface area contributed by atoms with Crippen LogP contribution in [0.3, 0.4) is 0 Å². The van der Waals surface area contributed by atoms with Crippen molar-refractivity contribution in [2.45, 2.75) is 45.1 Å². The number of aliphatic carboxylic acids is 1. The van der Waals surface area contributed by atoms with Crippen LogP contribution in [-0.4, -0.2) is 44.8 Å². The van der Waals surface area contributed by atoms with E-state index in [2.05, 4.69) is 17.2 Å². The summed E-state index contributed by atoms with van der Waals surface area (Å²) in [5.41, 5.74) is 1.56. The fourth-order valence-electron chi connectivity index (χ4n) is 4.98. The van der Waals surface area contributed by atoms with Crippen molar-refractivity contribution in [2.75, 3.05) is 13.1 Å². The molecule has 1 N–H and O–H groups in total. The van der Waals surface area contributed by atoms with E-state index >= 15 is 0 Å². The summed E-state index contributed by atoms with van der Waals surface area (Å²) >= 11 is 0. The van der Waals surface area contributed by atoms with E-state index in [0.29, 0.717) is 38.4 Å². The Bertz CT molecular complexity index is 863. The van der Waals surface area contributed by atoms with Crippen LogP contribution in [0.25, 0.3) is 0 Å². The molecule has 4 rings (SSSR count). The van der Waals surface area contributed by atoms with Gasteiger partial charge in [0, 0.05) is 32.3 Å². The van der Waals surface area contributed by atoms with Crippen LogP contribution in [0, 0.1) is 18.3 Å². The van der Waals surface area contributed by atoms with Gasteiger partial charge in [-0.2, -0.15) is 5.10 Å². The Morgan fingerprint density at radius 2 is 2.07 bits per heavy atom. The highest BCUT2D eigenvalue weighted by Crippen LogP contribution is 2.51. The predicted molar refractivity (Wildman–Crippen MR) is 105 cm³/mol. The molecule has 0 bridgehead atoms. The summed E-state index contributed by atoms with van der Waals surface area (Å²) in [6, 6.07) is 10.3. The summed E-state index contributed by atoms with van der Waals surface area (Å²) in [6.45, 7) is 3.38. The number of fused-ring (bicyclic) bond motifs is 1. The van der Waals surface area contributed by atoms with Gasteiger partial charge in [-0.3, -0.25) is 14.3 Å². The fraction of sp³-hybridized carbons (Fsp3) is 0.500. The van der Waals surface area contributed by atoms with Crippen molar-refractivity contribution < 1.29 is 14.7 Å². The van der Waals surface area contributed by atoms with Crippen LogP contribution < -0.4 is 0 Å². The van der Waals surface area contributed by atoms with Crippen LogP contribution in [0.15, 0.2) is 42.7 Å². The first-order valence-electron chi connectivity index (χ1n) is 10.0. The zero-order chi connectivity index (χ0) is 19.7. The van der Waals surface area contributed by atoms with Crippen LogP contribution in [0.4, 0.5) is 0 Å². The van der Waals surface area contributed by atoms with Gasteiger partial charge in [0.05, 0.1) is 11.6 Å². The standard InChI is InChI=1S/C22H27N3O3/c1-16-12-23-25(13-16)10-8-20(26)24-14-19-11-18(17-5-3-2-4-6-17)7-9-22(19,15-24)21(27)28/h2-6,12-13,18-19H,7-11,14-15H2,1H3,(H,27,28)/t18-,19-,22-/m0/s1. The molecule has 2 fully saturated rings. The number of likely N-dealkylation sites (tertiary alicyclic amines) is 1. The highest BCUT2D eigenvalue weighted by atomic mass is 16.4. The topological polar surface area (TPSA) is 75.4 Å². The molecule has 3 atom stereocenters. The van der Waals surface area contributed by atoms with Gasteiger partial charge in [0.1, 0.15) is 0 Å². The molecule has 1 amide bonds. The molecule has 1 aromatic carbocycles. The van der Waals surface area contributed by atoms with Gasteiger partial charge in [-0.05, 0) is 49.1 Å². The Labute approximate surface area is 165 Å². The maximum atomic E-state index is 12.8. The molecule has 1 aliphatic heterocycles. The van der Waals surface area contributed by atoms with Gasteiger partial charge >= 0.3 is 5.97 Å². The predicted octanol–water partition coefficient (Wildman–Crippen LogP) is 3.08. The Morgan fingerprint density at radius 1 is 1.29 bits per heavy atom.